The molecule has 1 aliphatic rings. The molecule has 0 spiro atoms. The van der Waals surface area contributed by atoms with Crippen molar-refractivity contribution in [2.24, 2.45) is 0 Å². The van der Waals surface area contributed by atoms with Crippen molar-refractivity contribution in [2.75, 3.05) is 26.7 Å². The van der Waals surface area contributed by atoms with E-state index in [1.165, 1.54) is 0 Å². The predicted octanol–water partition coefficient (Wildman–Crippen LogP) is 5.41. The van der Waals surface area contributed by atoms with Crippen molar-refractivity contribution in [1.82, 2.24) is 15.1 Å². The number of aromatic nitrogens is 2. The van der Waals surface area contributed by atoms with Crippen LogP contribution in [0.4, 0.5) is 4.39 Å². The van der Waals surface area contributed by atoms with Crippen LogP contribution in [0.25, 0.3) is 10.9 Å². The lowest BCUT2D eigenvalue weighted by atomic mass is 9.73. The molecule has 0 bridgehead atoms. The Hall–Kier alpha value is -1.95. The molecular weight excluding hydrogens is 389 g/mol. The van der Waals surface area contributed by atoms with Crippen LogP contribution in [0.5, 0.6) is 0 Å². The Morgan fingerprint density at radius 3 is 2.62 bits per heavy atom. The van der Waals surface area contributed by atoms with E-state index >= 15 is 0 Å². The van der Waals surface area contributed by atoms with Crippen LogP contribution in [0.2, 0.25) is 5.02 Å². The Morgan fingerprint density at radius 1 is 1.24 bits per heavy atom. The van der Waals surface area contributed by atoms with Gasteiger partial charge in [-0.05, 0) is 76.7 Å². The summed E-state index contributed by atoms with van der Waals surface area (Å²) in [6.45, 7) is 6.60. The van der Waals surface area contributed by atoms with Crippen LogP contribution < -0.4 is 0 Å². The third kappa shape index (κ3) is 4.04. The summed E-state index contributed by atoms with van der Waals surface area (Å²) in [5.74, 6) is -0.207. The zero-order valence-corrected chi connectivity index (χ0v) is 17.9. The van der Waals surface area contributed by atoms with Gasteiger partial charge in [0.25, 0.3) is 0 Å². The number of ether oxygens (including phenoxy) is 1. The van der Waals surface area contributed by atoms with Crippen LogP contribution in [-0.2, 0) is 10.2 Å². The second kappa shape index (κ2) is 8.05. The Labute approximate surface area is 176 Å². The summed E-state index contributed by atoms with van der Waals surface area (Å²) in [4.78, 5) is 2.33. The van der Waals surface area contributed by atoms with Crippen LogP contribution in [-0.4, -0.2) is 41.8 Å². The molecule has 0 saturated carbocycles. The van der Waals surface area contributed by atoms with Gasteiger partial charge >= 0.3 is 0 Å². The molecule has 0 radical (unpaired) electrons. The molecular formula is C23H27ClFN3O. The highest BCUT2D eigenvalue weighted by Crippen LogP contribution is 2.38. The van der Waals surface area contributed by atoms with E-state index in [9.17, 15) is 4.39 Å². The molecule has 1 saturated heterocycles. The third-order valence-electron chi connectivity index (χ3n) is 6.29. The molecule has 1 N–H and O–H groups in total. The molecule has 2 aromatic carbocycles. The van der Waals surface area contributed by atoms with Crippen molar-refractivity contribution in [3.8, 4) is 0 Å². The Balaban J connectivity index is 1.60. The van der Waals surface area contributed by atoms with Crippen molar-refractivity contribution in [3.63, 3.8) is 0 Å². The number of halogens is 2. The minimum absolute atomic E-state index is 0.117. The van der Waals surface area contributed by atoms with E-state index in [0.29, 0.717) is 11.6 Å². The number of fused-ring (bicyclic) bond motifs is 1. The first kappa shape index (κ1) is 20.3. The maximum absolute atomic E-state index is 13.5. The fourth-order valence-electron chi connectivity index (χ4n) is 4.28. The molecule has 6 heteroatoms. The zero-order chi connectivity index (χ0) is 20.6. The fraction of sp³-hybridized carbons (Fsp3) is 0.435. The number of piperidine rings is 1. The van der Waals surface area contributed by atoms with Gasteiger partial charge < -0.3 is 9.64 Å². The first-order valence-electron chi connectivity index (χ1n) is 10.1. The number of nitrogens with zero attached hydrogens (tertiary/aromatic N) is 2. The van der Waals surface area contributed by atoms with Crippen LogP contribution in [0.3, 0.4) is 0 Å². The molecule has 2 heterocycles. The number of benzene rings is 2. The summed E-state index contributed by atoms with van der Waals surface area (Å²) in [5.41, 5.74) is 3.91. The van der Waals surface area contributed by atoms with E-state index in [0.717, 1.165) is 53.7 Å². The maximum Gasteiger partial charge on any atom is 0.123 e. The van der Waals surface area contributed by atoms with Crippen molar-refractivity contribution in [3.05, 3.63) is 64.1 Å². The van der Waals surface area contributed by atoms with E-state index in [1.54, 1.807) is 12.1 Å². The van der Waals surface area contributed by atoms with Gasteiger partial charge in [0.1, 0.15) is 5.82 Å². The summed E-state index contributed by atoms with van der Waals surface area (Å²) < 4.78 is 19.9. The molecule has 0 unspecified atom stereocenters. The number of H-pyrrole nitrogens is 1. The van der Waals surface area contributed by atoms with Gasteiger partial charge in [-0.1, -0.05) is 23.7 Å². The van der Waals surface area contributed by atoms with E-state index < -0.39 is 0 Å². The molecule has 0 aliphatic carbocycles. The number of hydrogen-bond acceptors (Lipinski definition) is 3. The molecule has 3 aromatic rings. The van der Waals surface area contributed by atoms with Crippen LogP contribution in [0.15, 0.2) is 36.4 Å². The molecule has 1 aliphatic heterocycles. The molecule has 1 fully saturated rings. The number of hydrogen-bond donors (Lipinski definition) is 1. The monoisotopic (exact) mass is 415 g/mol. The average molecular weight is 416 g/mol. The minimum atomic E-state index is -0.207. The quantitative estimate of drug-likeness (QED) is 0.606. The largest absolute Gasteiger partial charge is 0.373 e. The number of nitrogens with one attached hydrogen (secondary N) is 1. The molecule has 4 rings (SSSR count). The summed E-state index contributed by atoms with van der Waals surface area (Å²) in [6, 6.07) is 10.8. The first-order chi connectivity index (χ1) is 13.9. The molecule has 29 heavy (non-hydrogen) atoms. The van der Waals surface area contributed by atoms with E-state index in [2.05, 4.69) is 22.1 Å². The van der Waals surface area contributed by atoms with Gasteiger partial charge in [0.15, 0.2) is 0 Å². The number of rotatable bonds is 5. The molecule has 1 aromatic heterocycles. The van der Waals surface area contributed by atoms with Crippen molar-refractivity contribution in [2.45, 2.75) is 38.2 Å². The number of likely N-dealkylation sites (tertiary alicyclic amines) is 1. The first-order valence-corrected chi connectivity index (χ1v) is 10.5. The number of aryl methyl sites for hydroxylation is 1. The van der Waals surface area contributed by atoms with Crippen LogP contribution in [0.1, 0.15) is 42.7 Å². The Morgan fingerprint density at radius 2 is 1.93 bits per heavy atom. The topological polar surface area (TPSA) is 41.1 Å². The van der Waals surface area contributed by atoms with Gasteiger partial charge in [-0.3, -0.25) is 5.10 Å². The number of aromatic amines is 1. The average Bonchev–Trinajstić information content (AvgIpc) is 3.08. The highest BCUT2D eigenvalue weighted by Gasteiger charge is 2.36. The van der Waals surface area contributed by atoms with Gasteiger partial charge in [0.2, 0.25) is 0 Å². The van der Waals surface area contributed by atoms with Crippen molar-refractivity contribution >= 4 is 22.5 Å². The standard InChI is InChI=1S/C23H27ClFN3O/c1-15-20-12-18(24)13-21(22(20)27-26-15)16(2)29-14-23(8-10-28(3)11-9-23)17-4-6-19(25)7-5-17/h4-7,12-13,16H,8-11,14H2,1-3H3,(H,26,27)/t16-/m1/s1. The lowest BCUT2D eigenvalue weighted by molar-refractivity contribution is 0.00696. The molecule has 0 amide bonds. The lowest BCUT2D eigenvalue weighted by Crippen LogP contribution is -2.44. The van der Waals surface area contributed by atoms with Gasteiger partial charge in [0, 0.05) is 27.1 Å². The highest BCUT2D eigenvalue weighted by molar-refractivity contribution is 6.31. The SMILES string of the molecule is Cc1[nH]nc2c([C@@H](C)OCC3(c4ccc(F)cc4)CCN(C)CC3)cc(Cl)cc12. The fourth-order valence-corrected chi connectivity index (χ4v) is 4.51. The highest BCUT2D eigenvalue weighted by atomic mass is 35.5. The smallest absolute Gasteiger partial charge is 0.123 e. The van der Waals surface area contributed by atoms with Crippen LogP contribution in [0, 0.1) is 12.7 Å². The maximum atomic E-state index is 13.5. The summed E-state index contributed by atoms with van der Waals surface area (Å²) in [6.07, 6.45) is 1.80. The summed E-state index contributed by atoms with van der Waals surface area (Å²) in [7, 11) is 2.14. The second-order valence-corrected chi connectivity index (χ2v) is 8.72. The normalized spacial score (nSPS) is 18.2. The molecule has 1 atom stereocenters. The summed E-state index contributed by atoms with van der Waals surface area (Å²) >= 11 is 6.36. The van der Waals surface area contributed by atoms with Crippen LogP contribution >= 0.6 is 11.6 Å². The Bertz CT molecular complexity index is 993. The molecule has 154 valence electrons. The minimum Gasteiger partial charge on any atom is -0.373 e. The van der Waals surface area contributed by atoms with E-state index in [1.807, 2.05) is 38.1 Å². The predicted molar refractivity (Wildman–Crippen MR) is 115 cm³/mol. The van der Waals surface area contributed by atoms with Crippen molar-refractivity contribution in [1.29, 1.82) is 0 Å². The Kier molecular flexibility index (Phi) is 5.65. The zero-order valence-electron chi connectivity index (χ0n) is 17.1. The van der Waals surface area contributed by atoms with E-state index in [4.69, 9.17) is 16.3 Å². The molecule has 4 nitrogen and oxygen atoms in total. The van der Waals surface area contributed by atoms with Gasteiger partial charge in [-0.2, -0.15) is 5.10 Å². The second-order valence-electron chi connectivity index (χ2n) is 8.28. The van der Waals surface area contributed by atoms with Crippen molar-refractivity contribution < 1.29 is 9.13 Å². The van der Waals surface area contributed by atoms with E-state index in [-0.39, 0.29) is 17.3 Å². The lowest BCUT2D eigenvalue weighted by Gasteiger charge is -2.41. The van der Waals surface area contributed by atoms with Gasteiger partial charge in [-0.15, -0.1) is 0 Å². The summed E-state index contributed by atoms with van der Waals surface area (Å²) in [5, 5.41) is 9.21. The third-order valence-corrected chi connectivity index (χ3v) is 6.51. The van der Waals surface area contributed by atoms with Gasteiger partial charge in [-0.25, -0.2) is 4.39 Å². The van der Waals surface area contributed by atoms with Gasteiger partial charge in [0.05, 0.1) is 18.2 Å².